The van der Waals surface area contributed by atoms with Gasteiger partial charge in [-0.15, -0.1) is 0 Å². The van der Waals surface area contributed by atoms with Crippen LogP contribution in [0.4, 0.5) is 10.1 Å². The number of hydrogen-bond donors (Lipinski definition) is 1. The number of sulfonamides is 1. The lowest BCUT2D eigenvalue weighted by molar-refractivity contribution is 0.0931. The van der Waals surface area contributed by atoms with Crippen LogP contribution >= 0.6 is 0 Å². The second-order valence-electron chi connectivity index (χ2n) is 9.09. The molecule has 5 rings (SSSR count). The van der Waals surface area contributed by atoms with Gasteiger partial charge in [-0.2, -0.15) is 4.31 Å². The third-order valence-corrected chi connectivity index (χ3v) is 8.60. The van der Waals surface area contributed by atoms with Crippen LogP contribution in [0.5, 0.6) is 0 Å². The number of nitrogens with one attached hydrogen (secondary N) is 1. The van der Waals surface area contributed by atoms with Gasteiger partial charge in [0.15, 0.2) is 0 Å². The fourth-order valence-electron chi connectivity index (χ4n) is 4.57. The predicted molar refractivity (Wildman–Crippen MR) is 133 cm³/mol. The van der Waals surface area contributed by atoms with Crippen molar-refractivity contribution in [1.29, 1.82) is 0 Å². The highest BCUT2D eigenvalue weighted by Crippen LogP contribution is 2.41. The van der Waals surface area contributed by atoms with Crippen LogP contribution in [0.25, 0.3) is 0 Å². The second-order valence-corrected chi connectivity index (χ2v) is 11.0. The Morgan fingerprint density at radius 1 is 0.886 bits per heavy atom. The van der Waals surface area contributed by atoms with E-state index >= 15 is 0 Å². The quantitative estimate of drug-likeness (QED) is 0.535. The topological polar surface area (TPSA) is 69.7 Å². The van der Waals surface area contributed by atoms with Crippen molar-refractivity contribution < 1.29 is 17.6 Å². The number of piperazine rings is 1. The summed E-state index contributed by atoms with van der Waals surface area (Å²) in [7, 11) is -3.75. The van der Waals surface area contributed by atoms with E-state index in [2.05, 4.69) is 5.32 Å². The molecule has 6 nitrogen and oxygen atoms in total. The molecule has 1 saturated heterocycles. The van der Waals surface area contributed by atoms with Gasteiger partial charge in [-0.05, 0) is 66.8 Å². The first kappa shape index (κ1) is 23.5. The molecule has 0 bridgehead atoms. The molecule has 1 amide bonds. The normalized spacial score (nSPS) is 17.7. The molecule has 182 valence electrons. The Kier molecular flexibility index (Phi) is 6.58. The molecule has 1 saturated carbocycles. The molecule has 1 aliphatic heterocycles. The lowest BCUT2D eigenvalue weighted by Gasteiger charge is -2.35. The van der Waals surface area contributed by atoms with Crippen molar-refractivity contribution >= 4 is 21.6 Å². The van der Waals surface area contributed by atoms with E-state index in [0.717, 1.165) is 24.1 Å². The highest BCUT2D eigenvalue weighted by Gasteiger charge is 2.34. The first-order valence-electron chi connectivity index (χ1n) is 11.9. The highest BCUT2D eigenvalue weighted by molar-refractivity contribution is 7.89. The molecule has 1 aliphatic carbocycles. The molecule has 0 unspecified atom stereocenters. The Morgan fingerprint density at radius 2 is 1.57 bits per heavy atom. The summed E-state index contributed by atoms with van der Waals surface area (Å²) in [6.45, 7) is 1.64. The largest absolute Gasteiger partial charge is 0.369 e. The fourth-order valence-corrected chi connectivity index (χ4v) is 6.04. The zero-order valence-corrected chi connectivity index (χ0v) is 20.1. The minimum absolute atomic E-state index is 0.0801. The van der Waals surface area contributed by atoms with Gasteiger partial charge in [0.05, 0.1) is 10.9 Å². The number of amides is 1. The first-order valence-corrected chi connectivity index (χ1v) is 13.3. The van der Waals surface area contributed by atoms with E-state index in [9.17, 15) is 17.6 Å². The third-order valence-electron chi connectivity index (χ3n) is 6.70. The van der Waals surface area contributed by atoms with E-state index in [1.807, 2.05) is 35.2 Å². The summed E-state index contributed by atoms with van der Waals surface area (Å²) in [6.07, 6.45) is 2.14. The van der Waals surface area contributed by atoms with E-state index in [4.69, 9.17) is 0 Å². The summed E-state index contributed by atoms with van der Waals surface area (Å²) in [6, 6.07) is 22.3. The molecule has 3 aromatic carbocycles. The Bertz CT molecular complexity index is 1290. The Morgan fingerprint density at radius 3 is 2.23 bits per heavy atom. The van der Waals surface area contributed by atoms with Gasteiger partial charge in [-0.1, -0.05) is 36.4 Å². The molecule has 2 aliphatic rings. The Labute approximate surface area is 205 Å². The van der Waals surface area contributed by atoms with Gasteiger partial charge in [0.2, 0.25) is 10.0 Å². The summed E-state index contributed by atoms with van der Waals surface area (Å²) < 4.78 is 41.3. The van der Waals surface area contributed by atoms with Crippen molar-refractivity contribution in [3.05, 3.63) is 95.8 Å². The molecule has 35 heavy (non-hydrogen) atoms. The molecule has 0 aromatic heterocycles. The minimum Gasteiger partial charge on any atom is -0.369 e. The summed E-state index contributed by atoms with van der Waals surface area (Å²) in [4.78, 5) is 15.2. The van der Waals surface area contributed by atoms with Crippen molar-refractivity contribution in [2.75, 3.05) is 31.1 Å². The van der Waals surface area contributed by atoms with Crippen molar-refractivity contribution in [1.82, 2.24) is 9.62 Å². The van der Waals surface area contributed by atoms with E-state index in [0.29, 0.717) is 37.7 Å². The molecular weight excluding hydrogens is 465 g/mol. The van der Waals surface area contributed by atoms with E-state index < -0.39 is 10.0 Å². The number of halogens is 1. The average Bonchev–Trinajstić information content (AvgIpc) is 3.74. The number of anilines is 1. The predicted octanol–water partition coefficient (Wildman–Crippen LogP) is 4.22. The van der Waals surface area contributed by atoms with Crippen molar-refractivity contribution in [3.8, 4) is 0 Å². The summed E-state index contributed by atoms with van der Waals surface area (Å²) in [5.41, 5.74) is 2.26. The molecule has 3 aromatic rings. The van der Waals surface area contributed by atoms with Gasteiger partial charge in [0.1, 0.15) is 5.82 Å². The van der Waals surface area contributed by atoms with Gasteiger partial charge < -0.3 is 10.2 Å². The van der Waals surface area contributed by atoms with Crippen LogP contribution in [0.3, 0.4) is 0 Å². The third kappa shape index (κ3) is 5.23. The Balaban J connectivity index is 1.28. The minimum atomic E-state index is -3.75. The number of rotatable bonds is 7. The molecule has 0 spiro atoms. The highest BCUT2D eigenvalue weighted by atomic mass is 32.2. The zero-order chi connectivity index (χ0) is 24.4. The van der Waals surface area contributed by atoms with Gasteiger partial charge in [0.25, 0.3) is 5.91 Å². The molecule has 2 fully saturated rings. The van der Waals surface area contributed by atoms with Crippen LogP contribution in [0.1, 0.15) is 34.8 Å². The van der Waals surface area contributed by atoms with Gasteiger partial charge >= 0.3 is 0 Å². The first-order chi connectivity index (χ1) is 16.9. The van der Waals surface area contributed by atoms with Gasteiger partial charge in [-0.3, -0.25) is 4.79 Å². The van der Waals surface area contributed by atoms with Crippen molar-refractivity contribution in [2.24, 2.45) is 5.92 Å². The number of nitrogens with zero attached hydrogens (tertiary/aromatic N) is 2. The SMILES string of the molecule is O=C(N[C@@H](c1ccccc1)C1CC1)c1cccc(S(=O)(=O)N2CCN(c3ccc(F)cc3)CC2)c1. The number of benzene rings is 3. The van der Waals surface area contributed by atoms with Crippen LogP contribution in [0.15, 0.2) is 83.8 Å². The zero-order valence-electron chi connectivity index (χ0n) is 19.3. The van der Waals surface area contributed by atoms with Crippen LogP contribution in [0, 0.1) is 11.7 Å². The molecule has 1 atom stereocenters. The summed E-state index contributed by atoms with van der Waals surface area (Å²) in [5.74, 6) is -0.166. The summed E-state index contributed by atoms with van der Waals surface area (Å²) in [5, 5.41) is 3.12. The van der Waals surface area contributed by atoms with Crippen LogP contribution in [-0.2, 0) is 10.0 Å². The maximum Gasteiger partial charge on any atom is 0.251 e. The average molecular weight is 494 g/mol. The van der Waals surface area contributed by atoms with Crippen LogP contribution in [0.2, 0.25) is 0 Å². The molecular formula is C27H28FN3O3S. The lowest BCUT2D eigenvalue weighted by Crippen LogP contribution is -2.48. The molecule has 0 radical (unpaired) electrons. The van der Waals surface area contributed by atoms with Gasteiger partial charge in [0, 0.05) is 37.4 Å². The van der Waals surface area contributed by atoms with Crippen LogP contribution in [-0.4, -0.2) is 44.8 Å². The fraction of sp³-hybridized carbons (Fsp3) is 0.296. The van der Waals surface area contributed by atoms with E-state index in [1.54, 1.807) is 24.3 Å². The summed E-state index contributed by atoms with van der Waals surface area (Å²) >= 11 is 0. The number of carbonyl (C=O) groups is 1. The van der Waals surface area contributed by atoms with Crippen molar-refractivity contribution in [3.63, 3.8) is 0 Å². The van der Waals surface area contributed by atoms with E-state index in [1.165, 1.54) is 28.6 Å². The smallest absolute Gasteiger partial charge is 0.251 e. The number of hydrogen-bond acceptors (Lipinski definition) is 4. The standard InChI is InChI=1S/C27H28FN3O3S/c28-23-11-13-24(14-12-23)30-15-17-31(18-16-30)35(33,34)25-8-4-7-22(19-25)27(32)29-26(21-9-10-21)20-5-2-1-3-6-20/h1-8,11-14,19,21,26H,9-10,15-18H2,(H,29,32)/t26-/m0/s1. The monoisotopic (exact) mass is 493 g/mol. The Hall–Kier alpha value is -3.23. The maximum atomic E-state index is 13.3. The molecule has 8 heteroatoms. The van der Waals surface area contributed by atoms with Gasteiger partial charge in [-0.25, -0.2) is 12.8 Å². The second kappa shape index (κ2) is 9.79. The number of carbonyl (C=O) groups excluding carboxylic acids is 1. The van der Waals surface area contributed by atoms with E-state index in [-0.39, 0.29) is 22.7 Å². The molecule has 1 heterocycles. The van der Waals surface area contributed by atoms with Crippen molar-refractivity contribution in [2.45, 2.75) is 23.8 Å². The lowest BCUT2D eigenvalue weighted by atomic mass is 10.0. The molecule has 1 N–H and O–H groups in total. The van der Waals surface area contributed by atoms with Crippen LogP contribution < -0.4 is 10.2 Å². The maximum absolute atomic E-state index is 13.3.